The molecule has 0 fully saturated rings. The van der Waals surface area contributed by atoms with E-state index in [0.717, 1.165) is 0 Å². The summed E-state index contributed by atoms with van der Waals surface area (Å²) >= 11 is 0. The minimum Gasteiger partial charge on any atom is -2.00 e. The van der Waals surface area contributed by atoms with E-state index in [-0.39, 0.29) is 195 Å². The van der Waals surface area contributed by atoms with Crippen molar-refractivity contribution in [3.63, 3.8) is 0 Å². The molecule has 0 N–H and O–H groups in total. The summed E-state index contributed by atoms with van der Waals surface area (Å²) in [5, 5.41) is 0. The molecule has 19 heavy (non-hydrogen) atoms. The summed E-state index contributed by atoms with van der Waals surface area (Å²) < 4.78 is 0. The number of hydrogen-bond donors (Lipinski definition) is 0. The first-order valence-corrected chi connectivity index (χ1v) is 0. The van der Waals surface area contributed by atoms with Gasteiger partial charge in [0, 0.05) is 40.2 Å². The standard InChI is InChI=1S/2Ir.13O.2Ru.2Ta/q;;13*-2;2*+4;2*+5. The van der Waals surface area contributed by atoms with Crippen LogP contribution >= 0.6 is 0 Å². The molecule has 19 heteroatoms. The van der Waals surface area contributed by atoms with E-state index >= 15 is 0 Å². The van der Waals surface area contributed by atoms with Crippen LogP contribution in [-0.2, 0) is 195 Å². The van der Waals surface area contributed by atoms with Gasteiger partial charge in [0.05, 0.1) is 0 Å². The first kappa shape index (κ1) is 847. The number of hydrogen-bond acceptors (Lipinski definition) is 0. The average Bonchev–Trinajstić information content (AvgIpc) is 0. The predicted molar refractivity (Wildman–Crippen MR) is 8.92 cm³/mol. The summed E-state index contributed by atoms with van der Waals surface area (Å²) in [4.78, 5) is 0. The third kappa shape index (κ3) is 666. The molecular weight excluding hydrogens is 1160 g/mol. The Morgan fingerprint density at radius 3 is 0.211 bits per heavy atom. The molecule has 0 aromatic carbocycles. The second-order valence-electron chi connectivity index (χ2n) is 0. The molecule has 13 nitrogen and oxygen atoms in total. The zero-order valence-electron chi connectivity index (χ0n) is 7.58. The quantitative estimate of drug-likeness (QED) is 0.249. The zero-order chi connectivity index (χ0) is 0. The van der Waals surface area contributed by atoms with Crippen molar-refractivity contribution in [1.82, 2.24) is 0 Å². The van der Waals surface area contributed by atoms with Gasteiger partial charge in [0.25, 0.3) is 0 Å². The van der Waals surface area contributed by atoms with E-state index in [1.807, 2.05) is 0 Å². The van der Waals surface area contributed by atoms with Gasteiger partial charge < -0.3 is 71.2 Å². The Morgan fingerprint density at radius 2 is 0.211 bits per heavy atom. The van der Waals surface area contributed by atoms with Crippen LogP contribution in [0.5, 0.6) is 0 Å². The minimum atomic E-state index is 0. The molecule has 0 bridgehead atoms. The molecule has 0 saturated heterocycles. The van der Waals surface area contributed by atoms with Crippen LogP contribution in [0, 0.1) is 0 Å². The Morgan fingerprint density at radius 1 is 0.211 bits per heavy atom. The van der Waals surface area contributed by atoms with Crippen LogP contribution in [0.4, 0.5) is 0 Å². The molecule has 0 aromatic heterocycles. The van der Waals surface area contributed by atoms with Crippen molar-refractivity contribution in [2.45, 2.75) is 0 Å². The molecule has 0 amide bonds. The van der Waals surface area contributed by atoms with E-state index in [1.54, 1.807) is 0 Å². The van der Waals surface area contributed by atoms with Crippen molar-refractivity contribution < 1.29 is 195 Å². The molecule has 0 aliphatic carbocycles. The molecular formula is Ir2O13Ru2Ta2-8. The first-order valence-electron chi connectivity index (χ1n) is 0. The Bertz CT molecular complexity index is 26.6. The largest absolute Gasteiger partial charge is 5.00 e. The smallest absolute Gasteiger partial charge is 2.00 e. The first-order chi connectivity index (χ1) is 0. The third-order valence-electron chi connectivity index (χ3n) is 0. The van der Waals surface area contributed by atoms with Crippen molar-refractivity contribution in [3.8, 4) is 0 Å². The Labute approximate surface area is 193 Å². The molecule has 0 saturated carbocycles. The van der Waals surface area contributed by atoms with Crippen LogP contribution in [0.2, 0.25) is 0 Å². The second kappa shape index (κ2) is 736. The van der Waals surface area contributed by atoms with E-state index in [2.05, 4.69) is 0 Å². The average molecular weight is 1160 g/mol. The maximum atomic E-state index is 0. The Balaban J connectivity index is 0. The molecule has 0 aromatic rings. The zero-order valence-corrected chi connectivity index (χ0v) is 22.3. The van der Waals surface area contributed by atoms with Gasteiger partial charge in [0.2, 0.25) is 0 Å². The van der Waals surface area contributed by atoms with E-state index in [0.29, 0.717) is 0 Å². The Hall–Kier alpha value is 3.51. The van der Waals surface area contributed by atoms with E-state index in [1.165, 1.54) is 0 Å². The molecule has 130 valence electrons. The summed E-state index contributed by atoms with van der Waals surface area (Å²) in [5.74, 6) is 0. The Kier molecular flexibility index (Phi) is 32800. The summed E-state index contributed by atoms with van der Waals surface area (Å²) in [6.45, 7) is 0. The predicted octanol–water partition coefficient (Wildman–Crippen LogP) is -1.56. The molecule has 0 atom stereocenters. The van der Waals surface area contributed by atoms with Gasteiger partial charge in [-0.25, -0.2) is 0 Å². The summed E-state index contributed by atoms with van der Waals surface area (Å²) in [6, 6.07) is 0. The van der Waals surface area contributed by atoms with E-state index in [9.17, 15) is 0 Å². The van der Waals surface area contributed by atoms with Gasteiger partial charge in [-0.15, -0.1) is 0 Å². The van der Waals surface area contributed by atoms with Gasteiger partial charge in [-0.05, 0) is 0 Å². The van der Waals surface area contributed by atoms with Crippen molar-refractivity contribution in [2.75, 3.05) is 0 Å². The van der Waals surface area contributed by atoms with Gasteiger partial charge >= 0.3 is 83.7 Å². The van der Waals surface area contributed by atoms with E-state index in [4.69, 9.17) is 0 Å². The van der Waals surface area contributed by atoms with Crippen LogP contribution in [0.1, 0.15) is 0 Å². The summed E-state index contributed by atoms with van der Waals surface area (Å²) in [6.07, 6.45) is 0. The summed E-state index contributed by atoms with van der Waals surface area (Å²) in [7, 11) is 0. The molecule has 0 heterocycles. The molecule has 0 aliphatic heterocycles. The molecule has 0 unspecified atom stereocenters. The van der Waals surface area contributed by atoms with Gasteiger partial charge in [0.1, 0.15) is 0 Å². The molecule has 2 radical (unpaired) electrons. The van der Waals surface area contributed by atoms with Crippen molar-refractivity contribution in [1.29, 1.82) is 0 Å². The van der Waals surface area contributed by atoms with Crippen LogP contribution in [0.15, 0.2) is 0 Å². The van der Waals surface area contributed by atoms with Gasteiger partial charge in [-0.1, -0.05) is 0 Å². The summed E-state index contributed by atoms with van der Waals surface area (Å²) in [5.41, 5.74) is 0. The van der Waals surface area contributed by atoms with Crippen molar-refractivity contribution >= 4 is 0 Å². The van der Waals surface area contributed by atoms with Crippen molar-refractivity contribution in [3.05, 3.63) is 0 Å². The fourth-order valence-corrected chi connectivity index (χ4v) is 0. The maximum absolute atomic E-state index is 0. The monoisotopic (exact) mass is 1160 g/mol. The fourth-order valence-electron chi connectivity index (χ4n) is 0. The van der Waals surface area contributed by atoms with Crippen LogP contribution in [0.3, 0.4) is 0 Å². The van der Waals surface area contributed by atoms with E-state index < -0.39 is 0 Å². The second-order valence-corrected chi connectivity index (χ2v) is 0. The molecule has 0 aliphatic rings. The fraction of sp³-hybridized carbons (Fsp3) is 0. The van der Waals surface area contributed by atoms with Crippen LogP contribution in [-0.4, -0.2) is 0 Å². The maximum Gasteiger partial charge on any atom is 5.00 e. The van der Waals surface area contributed by atoms with Crippen LogP contribution < -0.4 is 0 Å². The number of rotatable bonds is 0. The molecule has 0 rings (SSSR count). The van der Waals surface area contributed by atoms with Crippen LogP contribution in [0.25, 0.3) is 0 Å². The SMILES string of the molecule is [Ir].[Ir].[O-2].[O-2].[O-2].[O-2].[O-2].[O-2].[O-2].[O-2].[O-2].[O-2].[O-2].[O-2].[O-2].[Ru+4].[Ru+4].[Ta+5].[Ta+5]. The minimum absolute atomic E-state index is 0. The van der Waals surface area contributed by atoms with Gasteiger partial charge in [-0.2, -0.15) is 0 Å². The topological polar surface area (TPSA) is 370 Å². The van der Waals surface area contributed by atoms with Gasteiger partial charge in [-0.3, -0.25) is 0 Å². The molecule has 0 spiro atoms. The van der Waals surface area contributed by atoms with Crippen molar-refractivity contribution in [2.24, 2.45) is 0 Å². The third-order valence-corrected chi connectivity index (χ3v) is 0. The van der Waals surface area contributed by atoms with Gasteiger partial charge in [0.15, 0.2) is 0 Å². The normalized spacial score (nSPS) is 0.